The largest absolute Gasteiger partial charge is 0.338 e. The molecule has 5 heterocycles. The number of pyridine rings is 1. The van der Waals surface area contributed by atoms with Crippen molar-refractivity contribution in [2.45, 2.75) is 0 Å². The molecule has 0 atom stereocenters. The summed E-state index contributed by atoms with van der Waals surface area (Å²) >= 11 is 1.72. The molecule has 0 amide bonds. The van der Waals surface area contributed by atoms with Crippen molar-refractivity contribution in [3.05, 3.63) is 72.6 Å². The molecule has 2 N–H and O–H groups in total. The number of fused-ring (bicyclic) bond motifs is 2. The predicted molar refractivity (Wildman–Crippen MR) is 116 cm³/mol. The van der Waals surface area contributed by atoms with Gasteiger partial charge in [-0.05, 0) is 35.7 Å². The van der Waals surface area contributed by atoms with Crippen LogP contribution in [-0.2, 0) is 0 Å². The number of nitrogens with zero attached hydrogens (tertiary/aromatic N) is 4. The highest BCUT2D eigenvalue weighted by Crippen LogP contribution is 2.35. The molecule has 0 radical (unpaired) electrons. The molecule has 29 heavy (non-hydrogen) atoms. The lowest BCUT2D eigenvalue weighted by atomic mass is 10.1. The molecule has 6 nitrogen and oxygen atoms in total. The topological polar surface area (TPSA) is 83.1 Å². The summed E-state index contributed by atoms with van der Waals surface area (Å²) in [4.78, 5) is 17.8. The standard InChI is InChI=1S/C22H14N6S/c1-2-20(29-9-1)14-5-6-25-22-15(14)11-18(26-22)21-16-10-13(3-4-17(16)27-28-21)19-12-23-7-8-24-19/h1-12H,(H,25,26)(H,27,28). The smallest absolute Gasteiger partial charge is 0.138 e. The van der Waals surface area contributed by atoms with Crippen molar-refractivity contribution in [2.75, 3.05) is 0 Å². The number of aromatic amines is 2. The van der Waals surface area contributed by atoms with Crippen molar-refractivity contribution in [3.63, 3.8) is 0 Å². The normalized spacial score (nSPS) is 11.4. The predicted octanol–water partition coefficient (Wildman–Crippen LogP) is 5.29. The molecular weight excluding hydrogens is 380 g/mol. The highest BCUT2D eigenvalue weighted by atomic mass is 32.1. The SMILES string of the molecule is c1csc(-c2ccnc3[nH]c(-c4n[nH]c5ccc(-c6cnccn6)cc45)cc23)c1. The summed E-state index contributed by atoms with van der Waals surface area (Å²) in [7, 11) is 0. The molecule has 0 saturated heterocycles. The second kappa shape index (κ2) is 6.35. The third-order valence-corrected chi connectivity index (χ3v) is 5.90. The summed E-state index contributed by atoms with van der Waals surface area (Å²) in [6.45, 7) is 0. The second-order valence-corrected chi connectivity index (χ2v) is 7.65. The van der Waals surface area contributed by atoms with Crippen molar-refractivity contribution in [2.24, 2.45) is 0 Å². The van der Waals surface area contributed by atoms with E-state index < -0.39 is 0 Å². The molecule has 0 fully saturated rings. The van der Waals surface area contributed by atoms with E-state index in [0.717, 1.165) is 44.6 Å². The van der Waals surface area contributed by atoms with E-state index in [1.807, 2.05) is 18.3 Å². The first kappa shape index (κ1) is 16.1. The van der Waals surface area contributed by atoms with Crippen LogP contribution >= 0.6 is 11.3 Å². The molecule has 6 aromatic rings. The first-order valence-electron chi connectivity index (χ1n) is 9.13. The van der Waals surface area contributed by atoms with Crippen LogP contribution in [0.4, 0.5) is 0 Å². The Morgan fingerprint density at radius 1 is 0.897 bits per heavy atom. The quantitative estimate of drug-likeness (QED) is 0.427. The zero-order chi connectivity index (χ0) is 19.2. The fourth-order valence-electron chi connectivity index (χ4n) is 3.63. The van der Waals surface area contributed by atoms with Crippen LogP contribution in [0.2, 0.25) is 0 Å². The molecule has 7 heteroatoms. The van der Waals surface area contributed by atoms with Crippen molar-refractivity contribution < 1.29 is 0 Å². The molecule has 0 aliphatic heterocycles. The lowest BCUT2D eigenvalue weighted by molar-refractivity contribution is 1.12. The molecule has 0 bridgehead atoms. The zero-order valence-electron chi connectivity index (χ0n) is 15.1. The molecular formula is C22H14N6S. The minimum absolute atomic E-state index is 0.833. The van der Waals surface area contributed by atoms with E-state index in [1.54, 1.807) is 29.9 Å². The highest BCUT2D eigenvalue weighted by molar-refractivity contribution is 7.13. The fourth-order valence-corrected chi connectivity index (χ4v) is 4.39. The Balaban J connectivity index is 1.53. The van der Waals surface area contributed by atoms with Crippen molar-refractivity contribution in [1.82, 2.24) is 30.1 Å². The zero-order valence-corrected chi connectivity index (χ0v) is 15.9. The monoisotopic (exact) mass is 394 g/mol. The van der Waals surface area contributed by atoms with E-state index >= 15 is 0 Å². The van der Waals surface area contributed by atoms with Gasteiger partial charge in [0.15, 0.2) is 0 Å². The molecule has 0 aliphatic carbocycles. The van der Waals surface area contributed by atoms with Crippen LogP contribution in [0.3, 0.4) is 0 Å². The van der Waals surface area contributed by atoms with Crippen molar-refractivity contribution in [3.8, 4) is 33.1 Å². The van der Waals surface area contributed by atoms with E-state index in [1.165, 1.54) is 10.4 Å². The molecule has 0 spiro atoms. The molecule has 5 aromatic heterocycles. The molecule has 138 valence electrons. The Labute approximate surface area is 169 Å². The Morgan fingerprint density at radius 3 is 2.76 bits per heavy atom. The van der Waals surface area contributed by atoms with Crippen molar-refractivity contribution >= 4 is 33.3 Å². The van der Waals surface area contributed by atoms with Gasteiger partial charge in [0.2, 0.25) is 0 Å². The summed E-state index contributed by atoms with van der Waals surface area (Å²) in [6.07, 6.45) is 6.98. The van der Waals surface area contributed by atoms with E-state index in [0.29, 0.717) is 0 Å². The van der Waals surface area contributed by atoms with Gasteiger partial charge in [0.05, 0.1) is 23.1 Å². The van der Waals surface area contributed by atoms with E-state index in [4.69, 9.17) is 0 Å². The van der Waals surface area contributed by atoms with Gasteiger partial charge in [0.25, 0.3) is 0 Å². The van der Waals surface area contributed by atoms with Gasteiger partial charge in [0.1, 0.15) is 11.3 Å². The number of rotatable bonds is 3. The average molecular weight is 394 g/mol. The van der Waals surface area contributed by atoms with Crippen LogP contribution in [0.25, 0.3) is 55.0 Å². The van der Waals surface area contributed by atoms with Gasteiger partial charge in [-0.3, -0.25) is 15.1 Å². The van der Waals surface area contributed by atoms with Crippen LogP contribution in [0.1, 0.15) is 0 Å². The van der Waals surface area contributed by atoms with Gasteiger partial charge < -0.3 is 4.98 Å². The summed E-state index contributed by atoms with van der Waals surface area (Å²) in [5, 5.41) is 11.9. The van der Waals surface area contributed by atoms with Gasteiger partial charge in [-0.2, -0.15) is 5.10 Å². The first-order valence-corrected chi connectivity index (χ1v) is 10.0. The Hall–Kier alpha value is -3.84. The van der Waals surface area contributed by atoms with E-state index in [9.17, 15) is 0 Å². The number of hydrogen-bond acceptors (Lipinski definition) is 5. The maximum atomic E-state index is 4.57. The van der Waals surface area contributed by atoms with Crippen molar-refractivity contribution in [1.29, 1.82) is 0 Å². The van der Waals surface area contributed by atoms with Gasteiger partial charge in [-0.1, -0.05) is 12.1 Å². The molecule has 0 unspecified atom stereocenters. The number of thiophene rings is 1. The summed E-state index contributed by atoms with van der Waals surface area (Å²) in [5.41, 5.74) is 6.62. The van der Waals surface area contributed by atoms with Crippen LogP contribution in [-0.4, -0.2) is 30.1 Å². The minimum Gasteiger partial charge on any atom is -0.338 e. The summed E-state index contributed by atoms with van der Waals surface area (Å²) in [5.74, 6) is 0. The number of hydrogen-bond donors (Lipinski definition) is 2. The average Bonchev–Trinajstić information content (AvgIpc) is 3.52. The van der Waals surface area contributed by atoms with Gasteiger partial charge in [0, 0.05) is 45.4 Å². The number of H-pyrrole nitrogens is 2. The minimum atomic E-state index is 0.833. The Morgan fingerprint density at radius 2 is 1.90 bits per heavy atom. The van der Waals surface area contributed by atoms with E-state index in [-0.39, 0.29) is 0 Å². The summed E-state index contributed by atoms with van der Waals surface area (Å²) in [6, 6.07) is 14.5. The Bertz CT molecular complexity index is 1450. The number of aromatic nitrogens is 6. The van der Waals surface area contributed by atoms with Crippen LogP contribution < -0.4 is 0 Å². The van der Waals surface area contributed by atoms with Crippen LogP contribution in [0, 0.1) is 0 Å². The lowest BCUT2D eigenvalue weighted by Gasteiger charge is -2.00. The number of nitrogens with one attached hydrogen (secondary N) is 2. The van der Waals surface area contributed by atoms with Gasteiger partial charge >= 0.3 is 0 Å². The molecule has 0 aliphatic rings. The second-order valence-electron chi connectivity index (χ2n) is 6.70. The van der Waals surface area contributed by atoms with Gasteiger partial charge in [-0.15, -0.1) is 11.3 Å². The fraction of sp³-hybridized carbons (Fsp3) is 0. The van der Waals surface area contributed by atoms with Crippen LogP contribution in [0.15, 0.2) is 72.6 Å². The third-order valence-electron chi connectivity index (χ3n) is 5.00. The lowest BCUT2D eigenvalue weighted by Crippen LogP contribution is -1.84. The third kappa shape index (κ3) is 2.63. The van der Waals surface area contributed by atoms with E-state index in [2.05, 4.69) is 65.8 Å². The maximum Gasteiger partial charge on any atom is 0.138 e. The Kier molecular flexibility index (Phi) is 3.54. The van der Waals surface area contributed by atoms with Gasteiger partial charge in [-0.25, -0.2) is 4.98 Å². The maximum absolute atomic E-state index is 4.57. The molecule has 6 rings (SSSR count). The number of benzene rings is 1. The highest BCUT2D eigenvalue weighted by Gasteiger charge is 2.15. The van der Waals surface area contributed by atoms with Crippen LogP contribution in [0.5, 0.6) is 0 Å². The molecule has 0 saturated carbocycles. The molecule has 1 aromatic carbocycles. The first-order chi connectivity index (χ1) is 14.4. The summed E-state index contributed by atoms with van der Waals surface area (Å²) < 4.78 is 0.